The molecule has 0 spiro atoms. The van der Waals surface area contributed by atoms with Crippen molar-refractivity contribution in [3.05, 3.63) is 32.9 Å². The van der Waals surface area contributed by atoms with Crippen LogP contribution in [0.4, 0.5) is 4.39 Å². The summed E-state index contributed by atoms with van der Waals surface area (Å²) in [5.41, 5.74) is -2.11. The van der Waals surface area contributed by atoms with Crippen molar-refractivity contribution in [2.24, 2.45) is 0 Å². The number of hydrogen-bond donors (Lipinski definition) is 2. The van der Waals surface area contributed by atoms with Crippen molar-refractivity contribution in [2.45, 2.75) is 19.6 Å². The molecule has 0 saturated carbocycles. The van der Waals surface area contributed by atoms with Crippen LogP contribution < -0.4 is 11.2 Å². The van der Waals surface area contributed by atoms with E-state index in [1.807, 2.05) is 0 Å². The number of aromatic amines is 1. The number of hydrogen-bond acceptors (Lipinski definition) is 5. The lowest BCUT2D eigenvalue weighted by Crippen LogP contribution is -2.32. The van der Waals surface area contributed by atoms with E-state index in [-0.39, 0.29) is 6.42 Å². The molecule has 9 heteroatoms. The summed E-state index contributed by atoms with van der Waals surface area (Å²) in [7, 11) is 0. The third-order valence-corrected chi connectivity index (χ3v) is 1.88. The van der Waals surface area contributed by atoms with Gasteiger partial charge in [0.05, 0.1) is 19.0 Å². The Morgan fingerprint density at radius 3 is 2.67 bits per heavy atom. The quantitative estimate of drug-likeness (QED) is 0.658. The second-order valence-corrected chi connectivity index (χ2v) is 3.25. The van der Waals surface area contributed by atoms with E-state index in [1.165, 1.54) is 0 Å². The monoisotopic (exact) mass is 260 g/mol. The molecule has 0 aliphatic rings. The number of aliphatic carboxylic acids is 1. The minimum atomic E-state index is -1.20. The van der Waals surface area contributed by atoms with E-state index in [0.717, 1.165) is 0 Å². The van der Waals surface area contributed by atoms with Crippen molar-refractivity contribution >= 4 is 11.9 Å². The molecular weight excluding hydrogens is 251 g/mol. The van der Waals surface area contributed by atoms with E-state index in [9.17, 15) is 23.6 Å². The van der Waals surface area contributed by atoms with Gasteiger partial charge in [-0.25, -0.2) is 4.79 Å². The lowest BCUT2D eigenvalue weighted by atomic mass is 10.3. The van der Waals surface area contributed by atoms with Gasteiger partial charge in [-0.1, -0.05) is 0 Å². The van der Waals surface area contributed by atoms with Gasteiger partial charge in [-0.2, -0.15) is 4.39 Å². The Morgan fingerprint density at radius 2 is 2.06 bits per heavy atom. The summed E-state index contributed by atoms with van der Waals surface area (Å²) in [6.07, 6.45) is -0.185. The first-order valence-corrected chi connectivity index (χ1v) is 4.77. The maximum absolute atomic E-state index is 12.8. The molecule has 0 aromatic carbocycles. The molecule has 0 atom stereocenters. The average Bonchev–Trinajstić information content (AvgIpc) is 2.29. The van der Waals surface area contributed by atoms with Crippen LogP contribution in [0.3, 0.4) is 0 Å². The number of carbonyl (C=O) groups excluding carboxylic acids is 1. The van der Waals surface area contributed by atoms with Crippen molar-refractivity contribution in [1.29, 1.82) is 0 Å². The highest BCUT2D eigenvalue weighted by molar-refractivity contribution is 5.76. The number of esters is 1. The van der Waals surface area contributed by atoms with Crippen molar-refractivity contribution in [3.63, 3.8) is 0 Å². The molecule has 0 amide bonds. The van der Waals surface area contributed by atoms with Crippen LogP contribution in [0.25, 0.3) is 0 Å². The van der Waals surface area contributed by atoms with Crippen molar-refractivity contribution in [2.75, 3.05) is 0 Å². The standard InChI is InChI=1S/C9H9FN2O6/c10-5-3-12(9(17)11-8(5)16)4-18-7(15)2-1-6(13)14/h3H,1-2,4H2,(H,13,14)(H,11,16,17). The molecule has 1 heterocycles. The first-order chi connectivity index (χ1) is 8.40. The van der Waals surface area contributed by atoms with Crippen molar-refractivity contribution in [1.82, 2.24) is 9.55 Å². The van der Waals surface area contributed by atoms with Crippen LogP contribution in [0.5, 0.6) is 0 Å². The minimum Gasteiger partial charge on any atom is -0.481 e. The van der Waals surface area contributed by atoms with Gasteiger partial charge >= 0.3 is 17.6 Å². The molecule has 18 heavy (non-hydrogen) atoms. The Morgan fingerprint density at radius 1 is 1.39 bits per heavy atom. The number of rotatable bonds is 5. The fraction of sp³-hybridized carbons (Fsp3) is 0.333. The molecule has 98 valence electrons. The predicted octanol–water partition coefficient (Wildman–Crippen LogP) is -0.959. The number of carboxylic acids is 1. The summed E-state index contributed by atoms with van der Waals surface area (Å²) in [6.45, 7) is -0.606. The van der Waals surface area contributed by atoms with E-state index in [0.29, 0.717) is 10.8 Å². The Bertz CT molecular complexity index is 575. The van der Waals surface area contributed by atoms with Crippen molar-refractivity contribution in [3.8, 4) is 0 Å². The lowest BCUT2D eigenvalue weighted by Gasteiger charge is -2.06. The number of halogens is 1. The second kappa shape index (κ2) is 5.75. The topological polar surface area (TPSA) is 118 Å². The third-order valence-electron chi connectivity index (χ3n) is 1.88. The smallest absolute Gasteiger partial charge is 0.331 e. The van der Waals surface area contributed by atoms with Crippen LogP contribution in [-0.4, -0.2) is 26.6 Å². The molecule has 8 nitrogen and oxygen atoms in total. The predicted molar refractivity (Wildman–Crippen MR) is 54.2 cm³/mol. The van der Waals surface area contributed by atoms with Gasteiger partial charge in [0.2, 0.25) is 5.82 Å². The zero-order valence-electron chi connectivity index (χ0n) is 9.01. The van der Waals surface area contributed by atoms with Crippen LogP contribution in [0.2, 0.25) is 0 Å². The summed E-state index contributed by atoms with van der Waals surface area (Å²) in [5, 5.41) is 8.31. The average molecular weight is 260 g/mol. The molecule has 1 aromatic heterocycles. The van der Waals surface area contributed by atoms with E-state index < -0.39 is 42.2 Å². The summed E-state index contributed by atoms with van der Waals surface area (Å²) >= 11 is 0. The van der Waals surface area contributed by atoms with E-state index in [1.54, 1.807) is 4.98 Å². The Balaban J connectivity index is 2.61. The Labute approximate surface area is 98.6 Å². The lowest BCUT2D eigenvalue weighted by molar-refractivity contribution is -0.150. The molecule has 0 aliphatic heterocycles. The first-order valence-electron chi connectivity index (χ1n) is 4.77. The molecule has 0 bridgehead atoms. The highest BCUT2D eigenvalue weighted by atomic mass is 19.1. The molecule has 2 N–H and O–H groups in total. The molecule has 0 aliphatic carbocycles. The van der Waals surface area contributed by atoms with E-state index in [4.69, 9.17) is 5.11 Å². The molecular formula is C9H9FN2O6. The highest BCUT2D eigenvalue weighted by Gasteiger charge is 2.08. The van der Waals surface area contributed by atoms with Crippen LogP contribution in [-0.2, 0) is 21.1 Å². The molecule has 0 unspecified atom stereocenters. The minimum absolute atomic E-state index is 0.365. The largest absolute Gasteiger partial charge is 0.481 e. The van der Waals surface area contributed by atoms with Crippen LogP contribution >= 0.6 is 0 Å². The molecule has 0 saturated heterocycles. The molecule has 1 rings (SSSR count). The van der Waals surface area contributed by atoms with Gasteiger partial charge in [0.1, 0.15) is 0 Å². The zero-order chi connectivity index (χ0) is 13.7. The molecule has 0 fully saturated rings. The third kappa shape index (κ3) is 3.85. The van der Waals surface area contributed by atoms with Gasteiger partial charge in [-0.15, -0.1) is 0 Å². The van der Waals surface area contributed by atoms with Gasteiger partial charge in [-0.05, 0) is 0 Å². The van der Waals surface area contributed by atoms with Crippen LogP contribution in [0, 0.1) is 5.82 Å². The van der Waals surface area contributed by atoms with Gasteiger partial charge < -0.3 is 9.84 Å². The summed E-state index contributed by atoms with van der Waals surface area (Å²) in [4.78, 5) is 44.7. The Hall–Kier alpha value is -2.45. The SMILES string of the molecule is O=C(O)CCC(=O)OCn1cc(F)c(=O)[nH]c1=O. The van der Waals surface area contributed by atoms with E-state index in [2.05, 4.69) is 4.74 Å². The molecule has 0 radical (unpaired) electrons. The number of carbonyl (C=O) groups is 2. The number of carboxylic acid groups (broad SMARTS) is 1. The highest BCUT2D eigenvalue weighted by Crippen LogP contribution is 1.94. The zero-order valence-corrected chi connectivity index (χ0v) is 9.01. The van der Waals surface area contributed by atoms with Crippen molar-refractivity contribution < 1.29 is 23.8 Å². The van der Waals surface area contributed by atoms with Gasteiger partial charge in [0, 0.05) is 0 Å². The van der Waals surface area contributed by atoms with E-state index >= 15 is 0 Å². The number of nitrogens with zero attached hydrogens (tertiary/aromatic N) is 1. The number of ether oxygens (including phenoxy) is 1. The maximum atomic E-state index is 12.8. The number of aromatic nitrogens is 2. The molecule has 1 aromatic rings. The summed E-state index contributed by atoms with van der Waals surface area (Å²) in [5.74, 6) is -3.22. The normalized spacial score (nSPS) is 10.1. The summed E-state index contributed by atoms with van der Waals surface area (Å²) in [6, 6.07) is 0. The van der Waals surface area contributed by atoms with Gasteiger partial charge in [0.15, 0.2) is 6.73 Å². The van der Waals surface area contributed by atoms with Gasteiger partial charge in [0.25, 0.3) is 5.56 Å². The number of H-pyrrole nitrogens is 1. The second-order valence-electron chi connectivity index (χ2n) is 3.25. The van der Waals surface area contributed by atoms with Crippen LogP contribution in [0.15, 0.2) is 15.8 Å². The van der Waals surface area contributed by atoms with Crippen LogP contribution in [0.1, 0.15) is 12.8 Å². The fourth-order valence-electron chi connectivity index (χ4n) is 1.00. The summed E-state index contributed by atoms with van der Waals surface area (Å²) < 4.78 is 18.0. The van der Waals surface area contributed by atoms with Gasteiger partial charge in [-0.3, -0.25) is 23.9 Å². The number of nitrogens with one attached hydrogen (secondary N) is 1. The fourth-order valence-corrected chi connectivity index (χ4v) is 1.00. The Kier molecular flexibility index (Phi) is 4.35. The first kappa shape index (κ1) is 13.6. The maximum Gasteiger partial charge on any atom is 0.331 e.